The number of rotatable bonds is 4. The quantitative estimate of drug-likeness (QED) is 0.734. The lowest BCUT2D eigenvalue weighted by Crippen LogP contribution is -2.27. The van der Waals surface area contributed by atoms with Crippen molar-refractivity contribution in [3.05, 3.63) is 28.2 Å². The highest BCUT2D eigenvalue weighted by atomic mass is 79.9. The molecule has 0 amide bonds. The van der Waals surface area contributed by atoms with Crippen LogP contribution in [0.4, 0.5) is 0 Å². The topological polar surface area (TPSA) is 9.23 Å². The van der Waals surface area contributed by atoms with Crippen LogP contribution in [-0.2, 0) is 0 Å². The molecule has 0 aliphatic rings. The molecule has 1 rings (SSSR count). The summed E-state index contributed by atoms with van der Waals surface area (Å²) in [5.74, 6) is 1.000. The van der Waals surface area contributed by atoms with Crippen molar-refractivity contribution in [1.82, 2.24) is 0 Å². The van der Waals surface area contributed by atoms with Gasteiger partial charge in [-0.2, -0.15) is 0 Å². The molecule has 0 atom stereocenters. The van der Waals surface area contributed by atoms with Gasteiger partial charge in [-0.25, -0.2) is 0 Å². The smallest absolute Gasteiger partial charge is 0.122 e. The van der Waals surface area contributed by atoms with Crippen LogP contribution in [-0.4, -0.2) is 15.4 Å². The Balaban J connectivity index is 2.68. The van der Waals surface area contributed by atoms with Gasteiger partial charge < -0.3 is 4.74 Å². The maximum Gasteiger partial charge on any atom is 0.122 e. The minimum atomic E-state index is -0.335. The van der Waals surface area contributed by atoms with E-state index in [0.717, 1.165) is 16.8 Å². The van der Waals surface area contributed by atoms with E-state index in [9.17, 15) is 0 Å². The van der Waals surface area contributed by atoms with E-state index in [1.165, 1.54) is 5.56 Å². The number of hydrogen-bond acceptors (Lipinski definition) is 1. The van der Waals surface area contributed by atoms with Gasteiger partial charge in [-0.05, 0) is 35.7 Å². The summed E-state index contributed by atoms with van der Waals surface area (Å²) in [6.07, 6.45) is 0. The van der Waals surface area contributed by atoms with Crippen molar-refractivity contribution in [1.29, 1.82) is 0 Å². The summed E-state index contributed by atoms with van der Waals surface area (Å²) < 4.78 is 7.03. The lowest BCUT2D eigenvalue weighted by Gasteiger charge is -2.28. The third-order valence-corrected chi connectivity index (χ3v) is 6.42. The first kappa shape index (κ1) is 13.8. The SMILES string of the molecule is Cc1cc(Br)ccc1OCC(C)(C)[Si](C)C. The van der Waals surface area contributed by atoms with Crippen molar-refractivity contribution in [2.75, 3.05) is 6.61 Å². The fourth-order valence-corrected chi connectivity index (χ4v) is 2.01. The molecule has 1 nitrogen and oxygen atoms in total. The second-order valence-electron chi connectivity index (χ2n) is 5.08. The van der Waals surface area contributed by atoms with Crippen LogP contribution in [0.2, 0.25) is 18.1 Å². The Morgan fingerprint density at radius 3 is 2.44 bits per heavy atom. The van der Waals surface area contributed by atoms with Crippen LogP contribution in [0.1, 0.15) is 19.4 Å². The van der Waals surface area contributed by atoms with Gasteiger partial charge in [-0.3, -0.25) is 0 Å². The first-order valence-electron chi connectivity index (χ1n) is 5.52. The van der Waals surface area contributed by atoms with E-state index in [1.807, 2.05) is 12.1 Å². The molecule has 1 aromatic carbocycles. The molecule has 0 bridgehead atoms. The number of hydrogen-bond donors (Lipinski definition) is 0. The highest BCUT2D eigenvalue weighted by molar-refractivity contribution is 9.10. The highest BCUT2D eigenvalue weighted by Crippen LogP contribution is 2.30. The third-order valence-electron chi connectivity index (χ3n) is 3.08. The van der Waals surface area contributed by atoms with Crippen molar-refractivity contribution in [2.24, 2.45) is 0 Å². The van der Waals surface area contributed by atoms with Crippen LogP contribution in [0.25, 0.3) is 0 Å². The maximum atomic E-state index is 5.92. The molecule has 89 valence electrons. The van der Waals surface area contributed by atoms with Crippen LogP contribution in [0.3, 0.4) is 0 Å². The molecule has 3 heteroatoms. The van der Waals surface area contributed by atoms with E-state index in [-0.39, 0.29) is 8.80 Å². The van der Waals surface area contributed by atoms with Gasteiger partial charge in [-0.1, -0.05) is 42.9 Å². The molecule has 1 radical (unpaired) electrons. The molecule has 0 fully saturated rings. The average Bonchev–Trinajstić information content (AvgIpc) is 2.16. The molecule has 0 heterocycles. The molecular weight excluding hydrogens is 280 g/mol. The Hall–Kier alpha value is -0.283. The minimum absolute atomic E-state index is 0.310. The minimum Gasteiger partial charge on any atom is -0.493 e. The standard InChI is InChI=1S/C13H20BrOSi/c1-10-8-11(14)6-7-12(10)15-9-13(2,3)16(4)5/h6-8H,9H2,1-5H3. The molecule has 16 heavy (non-hydrogen) atoms. The largest absolute Gasteiger partial charge is 0.493 e. The van der Waals surface area contributed by atoms with E-state index < -0.39 is 0 Å². The lowest BCUT2D eigenvalue weighted by molar-refractivity contribution is 0.274. The van der Waals surface area contributed by atoms with Crippen molar-refractivity contribution >= 4 is 24.7 Å². The second kappa shape index (κ2) is 5.37. The number of aryl methyl sites for hydroxylation is 1. The average molecular weight is 300 g/mol. The van der Waals surface area contributed by atoms with Crippen LogP contribution < -0.4 is 4.74 Å². The molecule has 1 aromatic rings. The summed E-state index contributed by atoms with van der Waals surface area (Å²) in [5, 5.41) is 0.310. The molecule has 0 N–H and O–H groups in total. The highest BCUT2D eigenvalue weighted by Gasteiger charge is 2.24. The summed E-state index contributed by atoms with van der Waals surface area (Å²) in [5.41, 5.74) is 1.19. The van der Waals surface area contributed by atoms with Crippen molar-refractivity contribution in [2.45, 2.75) is 38.9 Å². The normalized spacial score (nSPS) is 11.9. The molecular formula is C13H20BrOSi. The van der Waals surface area contributed by atoms with E-state index in [1.54, 1.807) is 0 Å². The van der Waals surface area contributed by atoms with Gasteiger partial charge in [0.2, 0.25) is 0 Å². The Morgan fingerprint density at radius 1 is 1.31 bits per heavy atom. The summed E-state index contributed by atoms with van der Waals surface area (Å²) in [7, 11) is -0.335. The molecule has 0 saturated carbocycles. The Morgan fingerprint density at radius 2 is 1.94 bits per heavy atom. The van der Waals surface area contributed by atoms with Gasteiger partial charge in [0, 0.05) is 4.47 Å². The van der Waals surface area contributed by atoms with E-state index in [2.05, 4.69) is 55.9 Å². The first-order valence-corrected chi connectivity index (χ1v) is 8.82. The monoisotopic (exact) mass is 299 g/mol. The predicted octanol–water partition coefficient (Wildman–Crippen LogP) is 4.67. The van der Waals surface area contributed by atoms with Gasteiger partial charge in [0.05, 0.1) is 15.4 Å². The van der Waals surface area contributed by atoms with Crippen LogP contribution in [0.5, 0.6) is 5.75 Å². The molecule has 0 spiro atoms. The van der Waals surface area contributed by atoms with Crippen LogP contribution in [0.15, 0.2) is 22.7 Å². The summed E-state index contributed by atoms with van der Waals surface area (Å²) >= 11 is 3.46. The zero-order valence-corrected chi connectivity index (χ0v) is 13.3. The zero-order chi connectivity index (χ0) is 12.3. The fraction of sp³-hybridized carbons (Fsp3) is 0.538. The molecule has 0 aromatic heterocycles. The number of halogens is 1. The second-order valence-corrected chi connectivity index (χ2v) is 9.35. The van der Waals surface area contributed by atoms with Crippen LogP contribution in [0, 0.1) is 6.92 Å². The summed E-state index contributed by atoms with van der Waals surface area (Å²) in [6, 6.07) is 6.15. The summed E-state index contributed by atoms with van der Waals surface area (Å²) in [4.78, 5) is 0. The van der Waals surface area contributed by atoms with Gasteiger partial charge in [-0.15, -0.1) is 0 Å². The Kier molecular flexibility index (Phi) is 4.62. The van der Waals surface area contributed by atoms with Crippen molar-refractivity contribution in [3.8, 4) is 5.75 Å². The summed E-state index contributed by atoms with van der Waals surface area (Å²) in [6.45, 7) is 12.1. The van der Waals surface area contributed by atoms with Gasteiger partial charge in [0.1, 0.15) is 5.75 Å². The number of benzene rings is 1. The van der Waals surface area contributed by atoms with E-state index >= 15 is 0 Å². The third kappa shape index (κ3) is 3.63. The Bertz CT molecular complexity index is 361. The molecule has 0 aliphatic carbocycles. The molecule has 0 unspecified atom stereocenters. The van der Waals surface area contributed by atoms with Gasteiger partial charge in [0.25, 0.3) is 0 Å². The first-order chi connectivity index (χ1) is 7.33. The van der Waals surface area contributed by atoms with E-state index in [0.29, 0.717) is 5.04 Å². The van der Waals surface area contributed by atoms with Crippen LogP contribution >= 0.6 is 15.9 Å². The molecule has 0 saturated heterocycles. The zero-order valence-electron chi connectivity index (χ0n) is 10.7. The Labute approximate surface area is 109 Å². The number of ether oxygens (including phenoxy) is 1. The van der Waals surface area contributed by atoms with E-state index in [4.69, 9.17) is 4.74 Å². The maximum absolute atomic E-state index is 5.92. The van der Waals surface area contributed by atoms with Gasteiger partial charge >= 0.3 is 0 Å². The van der Waals surface area contributed by atoms with Crippen molar-refractivity contribution in [3.63, 3.8) is 0 Å². The predicted molar refractivity (Wildman–Crippen MR) is 75.9 cm³/mol. The lowest BCUT2D eigenvalue weighted by atomic mass is 10.2. The van der Waals surface area contributed by atoms with Crippen molar-refractivity contribution < 1.29 is 4.74 Å². The fourth-order valence-electron chi connectivity index (χ4n) is 1.18. The van der Waals surface area contributed by atoms with Gasteiger partial charge in [0.15, 0.2) is 0 Å². The molecule has 0 aliphatic heterocycles.